The lowest BCUT2D eigenvalue weighted by molar-refractivity contribution is -0.115. The van der Waals surface area contributed by atoms with Gasteiger partial charge in [-0.1, -0.05) is 18.0 Å². The number of fused-ring (bicyclic) bond motifs is 1. The Morgan fingerprint density at radius 3 is 2.79 bits per heavy atom. The van der Waals surface area contributed by atoms with Gasteiger partial charge in [0.2, 0.25) is 5.91 Å². The Labute approximate surface area is 178 Å². The number of pyridine rings is 1. The lowest BCUT2D eigenvalue weighted by Crippen LogP contribution is -2.13. The first-order valence-corrected chi connectivity index (χ1v) is 10.7. The molecule has 8 heteroatoms. The van der Waals surface area contributed by atoms with Crippen LogP contribution in [0.3, 0.4) is 0 Å². The molecule has 29 heavy (non-hydrogen) atoms. The van der Waals surface area contributed by atoms with Crippen molar-refractivity contribution in [3.05, 3.63) is 51.7 Å². The minimum Gasteiger partial charge on any atom is -0.478 e. The van der Waals surface area contributed by atoms with Crippen LogP contribution in [0.5, 0.6) is 0 Å². The van der Waals surface area contributed by atoms with Crippen LogP contribution < -0.4 is 5.32 Å². The number of benzene rings is 1. The van der Waals surface area contributed by atoms with Gasteiger partial charge >= 0.3 is 5.97 Å². The molecule has 6 nitrogen and oxygen atoms in total. The second-order valence-corrected chi connectivity index (χ2v) is 8.26. The Balaban J connectivity index is 1.61. The van der Waals surface area contributed by atoms with E-state index in [0.717, 1.165) is 36.9 Å². The summed E-state index contributed by atoms with van der Waals surface area (Å²) in [5, 5.41) is 22.0. The highest BCUT2D eigenvalue weighted by Crippen LogP contribution is 2.27. The molecule has 0 atom stereocenters. The Hall–Kier alpha value is -2.56. The average Bonchev–Trinajstić information content (AvgIpc) is 2.93. The zero-order valence-electron chi connectivity index (χ0n) is 15.7. The van der Waals surface area contributed by atoms with Gasteiger partial charge in [-0.05, 0) is 55.5 Å². The van der Waals surface area contributed by atoms with E-state index in [1.807, 2.05) is 6.07 Å². The number of carbonyl (C=O) groups excluding carboxylic acids is 1. The maximum atomic E-state index is 12.2. The number of hydrogen-bond acceptors (Lipinski definition) is 5. The van der Waals surface area contributed by atoms with Gasteiger partial charge in [0, 0.05) is 23.6 Å². The third-order valence-corrected chi connectivity index (χ3v) is 6.01. The van der Waals surface area contributed by atoms with E-state index in [-0.39, 0.29) is 22.9 Å². The molecule has 1 amide bonds. The first-order valence-electron chi connectivity index (χ1n) is 9.36. The van der Waals surface area contributed by atoms with Gasteiger partial charge in [0.25, 0.3) is 0 Å². The highest BCUT2D eigenvalue weighted by atomic mass is 35.5. The molecule has 1 aromatic heterocycles. The van der Waals surface area contributed by atoms with Crippen molar-refractivity contribution in [3.63, 3.8) is 0 Å². The lowest BCUT2D eigenvalue weighted by atomic mass is 10.1. The molecule has 0 aliphatic heterocycles. The van der Waals surface area contributed by atoms with Gasteiger partial charge in [0.05, 0.1) is 16.1 Å². The van der Waals surface area contributed by atoms with E-state index in [1.54, 1.807) is 6.07 Å². The van der Waals surface area contributed by atoms with Crippen LogP contribution >= 0.6 is 23.4 Å². The summed E-state index contributed by atoms with van der Waals surface area (Å²) < 4.78 is 0. The second kappa shape index (κ2) is 9.77. The molecule has 1 aliphatic carbocycles. The van der Waals surface area contributed by atoms with Gasteiger partial charge in [-0.25, -0.2) is 9.78 Å². The smallest absolute Gasteiger partial charge is 0.337 e. The van der Waals surface area contributed by atoms with Crippen LogP contribution in [0.1, 0.15) is 52.9 Å². The Kier molecular flexibility index (Phi) is 7.13. The van der Waals surface area contributed by atoms with Crippen molar-refractivity contribution >= 4 is 40.9 Å². The van der Waals surface area contributed by atoms with Gasteiger partial charge in [-0.3, -0.25) is 4.79 Å². The number of carboxylic acids is 1. The molecule has 0 bridgehead atoms. The minimum atomic E-state index is -1.15. The van der Waals surface area contributed by atoms with Crippen molar-refractivity contribution < 1.29 is 14.7 Å². The molecule has 0 spiro atoms. The predicted molar refractivity (Wildman–Crippen MR) is 113 cm³/mol. The fourth-order valence-corrected chi connectivity index (χ4v) is 4.33. The first kappa shape index (κ1) is 21.2. The van der Waals surface area contributed by atoms with Crippen molar-refractivity contribution in [3.8, 4) is 6.07 Å². The maximum Gasteiger partial charge on any atom is 0.337 e. The summed E-state index contributed by atoms with van der Waals surface area (Å²) >= 11 is 7.23. The van der Waals surface area contributed by atoms with E-state index in [1.165, 1.54) is 30.3 Å². The second-order valence-electron chi connectivity index (χ2n) is 6.77. The fourth-order valence-electron chi connectivity index (χ4n) is 3.21. The summed E-state index contributed by atoms with van der Waals surface area (Å²) in [7, 11) is 0. The molecular weight excluding hydrogens is 410 g/mol. The van der Waals surface area contributed by atoms with E-state index in [9.17, 15) is 14.9 Å². The maximum absolute atomic E-state index is 12.2. The number of nitrogens with zero attached hydrogens (tertiary/aromatic N) is 2. The van der Waals surface area contributed by atoms with Crippen molar-refractivity contribution in [2.75, 3.05) is 11.1 Å². The zero-order valence-corrected chi connectivity index (χ0v) is 17.3. The van der Waals surface area contributed by atoms with Gasteiger partial charge in [0.1, 0.15) is 11.1 Å². The highest BCUT2D eigenvalue weighted by Gasteiger charge is 2.15. The van der Waals surface area contributed by atoms with Gasteiger partial charge < -0.3 is 10.4 Å². The normalized spacial score (nSPS) is 13.1. The topological polar surface area (TPSA) is 103 Å². The van der Waals surface area contributed by atoms with E-state index < -0.39 is 5.97 Å². The number of carboxylic acid groups (broad SMARTS) is 1. The van der Waals surface area contributed by atoms with Crippen molar-refractivity contribution in [1.82, 2.24) is 4.98 Å². The van der Waals surface area contributed by atoms with E-state index in [0.29, 0.717) is 22.0 Å². The molecular formula is C21H20ClN3O3S. The molecule has 0 fully saturated rings. The number of halogens is 1. The summed E-state index contributed by atoms with van der Waals surface area (Å²) in [4.78, 5) is 28.0. The summed E-state index contributed by atoms with van der Waals surface area (Å²) in [5.74, 6) is -0.935. The standard InChI is InChI=1S/C21H20ClN3O3S/c22-17-7-6-15(11-16(17)21(27)28)24-19(26)8-9-29-20-14(12-23)10-13-4-2-1-3-5-18(13)25-20/h6-7,10-11H,1-5,8-9H2,(H,24,26)(H,27,28). The van der Waals surface area contributed by atoms with Crippen LogP contribution in [0.4, 0.5) is 5.69 Å². The number of amides is 1. The molecule has 2 N–H and O–H groups in total. The minimum absolute atomic E-state index is 0.0633. The number of aromatic nitrogens is 1. The van der Waals surface area contributed by atoms with E-state index in [4.69, 9.17) is 21.7 Å². The van der Waals surface area contributed by atoms with Gasteiger partial charge in [0.15, 0.2) is 0 Å². The third-order valence-electron chi connectivity index (χ3n) is 4.68. The molecule has 1 heterocycles. The van der Waals surface area contributed by atoms with Crippen LogP contribution in [0, 0.1) is 11.3 Å². The van der Waals surface area contributed by atoms with Crippen molar-refractivity contribution in [1.29, 1.82) is 5.26 Å². The molecule has 1 aliphatic rings. The number of aryl methyl sites for hydroxylation is 2. The number of thioether (sulfide) groups is 1. The van der Waals surface area contributed by atoms with Crippen LogP contribution in [0.25, 0.3) is 0 Å². The zero-order chi connectivity index (χ0) is 20.8. The Bertz CT molecular complexity index is 988. The quantitative estimate of drug-likeness (QED) is 0.509. The number of nitriles is 1. The monoisotopic (exact) mass is 429 g/mol. The van der Waals surface area contributed by atoms with Crippen LogP contribution in [-0.4, -0.2) is 27.7 Å². The first-order chi connectivity index (χ1) is 14.0. The fraction of sp³-hybridized carbons (Fsp3) is 0.333. The van der Waals surface area contributed by atoms with E-state index >= 15 is 0 Å². The average molecular weight is 430 g/mol. The van der Waals surface area contributed by atoms with Crippen molar-refractivity contribution in [2.45, 2.75) is 43.6 Å². The molecule has 150 valence electrons. The molecule has 1 aromatic carbocycles. The number of rotatable bonds is 6. The van der Waals surface area contributed by atoms with Crippen LogP contribution in [0.2, 0.25) is 5.02 Å². The molecule has 0 saturated heterocycles. The molecule has 0 saturated carbocycles. The highest BCUT2D eigenvalue weighted by molar-refractivity contribution is 7.99. The SMILES string of the molecule is N#Cc1cc2c(nc1SCCC(=O)Nc1ccc(Cl)c(C(=O)O)c1)CCCCC2. The third kappa shape index (κ3) is 5.49. The molecule has 3 rings (SSSR count). The number of anilines is 1. The summed E-state index contributed by atoms with van der Waals surface area (Å²) in [5.41, 5.74) is 3.10. The number of nitrogens with one attached hydrogen (secondary N) is 1. The molecule has 0 unspecified atom stereocenters. The van der Waals surface area contributed by atoms with Gasteiger partial charge in [-0.2, -0.15) is 5.26 Å². The summed E-state index contributed by atoms with van der Waals surface area (Å²) in [6.07, 6.45) is 5.51. The lowest BCUT2D eigenvalue weighted by Gasteiger charge is -2.10. The summed E-state index contributed by atoms with van der Waals surface area (Å²) in [6.45, 7) is 0. The predicted octanol–water partition coefficient (Wildman–Crippen LogP) is 4.69. The largest absolute Gasteiger partial charge is 0.478 e. The summed E-state index contributed by atoms with van der Waals surface area (Å²) in [6, 6.07) is 8.48. The van der Waals surface area contributed by atoms with Crippen LogP contribution in [-0.2, 0) is 17.6 Å². The Morgan fingerprint density at radius 1 is 1.24 bits per heavy atom. The molecule has 2 aromatic rings. The van der Waals surface area contributed by atoms with Crippen molar-refractivity contribution in [2.24, 2.45) is 0 Å². The van der Waals surface area contributed by atoms with Crippen LogP contribution in [0.15, 0.2) is 29.3 Å². The van der Waals surface area contributed by atoms with E-state index in [2.05, 4.69) is 11.4 Å². The Morgan fingerprint density at radius 2 is 2.03 bits per heavy atom. The molecule has 0 radical (unpaired) electrons. The number of hydrogen-bond donors (Lipinski definition) is 2. The van der Waals surface area contributed by atoms with Gasteiger partial charge in [-0.15, -0.1) is 11.8 Å². The number of aromatic carboxylic acids is 1. The number of carbonyl (C=O) groups is 2.